The lowest BCUT2D eigenvalue weighted by molar-refractivity contribution is -0.120. The van der Waals surface area contributed by atoms with Crippen LogP contribution in [0, 0.1) is 13.8 Å². The second-order valence-corrected chi connectivity index (χ2v) is 6.45. The third kappa shape index (κ3) is 4.43. The van der Waals surface area contributed by atoms with Crippen LogP contribution in [0.5, 0.6) is 5.75 Å². The fourth-order valence-corrected chi connectivity index (χ4v) is 2.84. The molecule has 0 saturated carbocycles. The molecule has 28 heavy (non-hydrogen) atoms. The van der Waals surface area contributed by atoms with Crippen molar-refractivity contribution in [3.63, 3.8) is 0 Å². The number of aromatic amines is 1. The molecule has 0 unspecified atom stereocenters. The first-order chi connectivity index (χ1) is 13.5. The maximum atomic E-state index is 12.4. The van der Waals surface area contributed by atoms with Gasteiger partial charge in [0.05, 0.1) is 13.5 Å². The van der Waals surface area contributed by atoms with Gasteiger partial charge in [-0.25, -0.2) is 4.98 Å². The number of nitrogens with one attached hydrogen (secondary N) is 2. The highest BCUT2D eigenvalue weighted by atomic mass is 16.5. The first-order valence-corrected chi connectivity index (χ1v) is 8.89. The minimum atomic E-state index is -0.333. The monoisotopic (exact) mass is 378 g/mol. The normalized spacial score (nSPS) is 10.5. The lowest BCUT2D eigenvalue weighted by Gasteiger charge is -2.10. The molecule has 0 spiro atoms. The van der Waals surface area contributed by atoms with E-state index in [0.29, 0.717) is 29.3 Å². The summed E-state index contributed by atoms with van der Waals surface area (Å²) in [6, 6.07) is 11.1. The van der Waals surface area contributed by atoms with Crippen molar-refractivity contribution < 1.29 is 9.53 Å². The number of carbonyl (C=O) groups excluding carboxylic acids is 1. The summed E-state index contributed by atoms with van der Waals surface area (Å²) in [5.74, 6) is 0.910. The first-order valence-electron chi connectivity index (χ1n) is 8.89. The summed E-state index contributed by atoms with van der Waals surface area (Å²) in [6.45, 7) is 4.03. The lowest BCUT2D eigenvalue weighted by Crippen LogP contribution is -2.29. The Morgan fingerprint density at radius 2 is 2.04 bits per heavy atom. The predicted molar refractivity (Wildman–Crippen MR) is 106 cm³/mol. The molecule has 3 rings (SSSR count). The molecule has 0 aliphatic carbocycles. The van der Waals surface area contributed by atoms with Crippen LogP contribution in [-0.4, -0.2) is 28.0 Å². The van der Waals surface area contributed by atoms with Gasteiger partial charge < -0.3 is 15.0 Å². The topological polar surface area (TPSA) is 97.0 Å². The number of rotatable bonds is 6. The molecule has 0 fully saturated rings. The zero-order valence-corrected chi connectivity index (χ0v) is 16.1. The van der Waals surface area contributed by atoms with Crippen LogP contribution in [0.2, 0.25) is 0 Å². The van der Waals surface area contributed by atoms with E-state index in [2.05, 4.69) is 20.3 Å². The molecule has 1 aromatic carbocycles. The first kappa shape index (κ1) is 19.3. The summed E-state index contributed by atoms with van der Waals surface area (Å²) in [7, 11) is 1.61. The molecular weight excluding hydrogens is 356 g/mol. The van der Waals surface area contributed by atoms with Gasteiger partial charge in [0.15, 0.2) is 5.82 Å². The van der Waals surface area contributed by atoms with Gasteiger partial charge in [-0.2, -0.15) is 0 Å². The number of amides is 1. The highest BCUT2D eigenvalue weighted by molar-refractivity contribution is 5.78. The molecule has 0 atom stereocenters. The SMILES string of the molecule is COc1cc(CNC(=O)Cc2c(C)nc(-c3ccccn3)[nH]c2=O)ccc1C. The van der Waals surface area contributed by atoms with Gasteiger partial charge in [0.1, 0.15) is 11.4 Å². The summed E-state index contributed by atoms with van der Waals surface area (Å²) < 4.78 is 5.30. The van der Waals surface area contributed by atoms with E-state index in [1.54, 1.807) is 32.4 Å². The number of methoxy groups -OCH3 is 1. The van der Waals surface area contributed by atoms with E-state index in [-0.39, 0.29) is 17.9 Å². The van der Waals surface area contributed by atoms with Gasteiger partial charge in [-0.1, -0.05) is 18.2 Å². The molecule has 0 saturated heterocycles. The minimum Gasteiger partial charge on any atom is -0.496 e. The van der Waals surface area contributed by atoms with E-state index in [4.69, 9.17) is 4.74 Å². The molecule has 0 aliphatic heterocycles. The van der Waals surface area contributed by atoms with Gasteiger partial charge in [-0.05, 0) is 43.2 Å². The van der Waals surface area contributed by atoms with Crippen LogP contribution in [-0.2, 0) is 17.8 Å². The minimum absolute atomic E-state index is 0.0420. The van der Waals surface area contributed by atoms with Gasteiger partial charge in [0.2, 0.25) is 5.91 Å². The summed E-state index contributed by atoms with van der Waals surface area (Å²) in [5, 5.41) is 2.83. The van der Waals surface area contributed by atoms with E-state index in [1.807, 2.05) is 31.2 Å². The molecule has 7 nitrogen and oxygen atoms in total. The molecule has 2 N–H and O–H groups in total. The van der Waals surface area contributed by atoms with Crippen molar-refractivity contribution in [1.29, 1.82) is 0 Å². The maximum absolute atomic E-state index is 12.4. The summed E-state index contributed by atoms with van der Waals surface area (Å²) in [5.41, 5.74) is 3.05. The van der Waals surface area contributed by atoms with E-state index in [1.165, 1.54) is 0 Å². The predicted octanol–water partition coefficient (Wildman–Crippen LogP) is 2.32. The fourth-order valence-electron chi connectivity index (χ4n) is 2.84. The van der Waals surface area contributed by atoms with Crippen LogP contribution >= 0.6 is 0 Å². The number of aromatic nitrogens is 3. The number of carbonyl (C=O) groups is 1. The van der Waals surface area contributed by atoms with Crippen LogP contribution in [0.4, 0.5) is 0 Å². The highest BCUT2D eigenvalue weighted by Gasteiger charge is 2.14. The van der Waals surface area contributed by atoms with E-state index < -0.39 is 0 Å². The number of aryl methyl sites for hydroxylation is 2. The summed E-state index contributed by atoms with van der Waals surface area (Å²) in [4.78, 5) is 36.1. The van der Waals surface area contributed by atoms with Crippen LogP contribution in [0.1, 0.15) is 22.4 Å². The van der Waals surface area contributed by atoms with Crippen molar-refractivity contribution in [2.45, 2.75) is 26.8 Å². The van der Waals surface area contributed by atoms with Gasteiger partial charge in [0, 0.05) is 24.0 Å². The van der Waals surface area contributed by atoms with Crippen LogP contribution < -0.4 is 15.6 Å². The zero-order valence-electron chi connectivity index (χ0n) is 16.1. The van der Waals surface area contributed by atoms with E-state index in [0.717, 1.165) is 16.9 Å². The van der Waals surface area contributed by atoms with E-state index >= 15 is 0 Å². The Bertz CT molecular complexity index is 1050. The number of benzene rings is 1. The number of nitrogens with zero attached hydrogens (tertiary/aromatic N) is 2. The summed E-state index contributed by atoms with van der Waals surface area (Å²) >= 11 is 0. The Hall–Kier alpha value is -3.48. The Labute approximate surface area is 162 Å². The van der Waals surface area contributed by atoms with Gasteiger partial charge in [0.25, 0.3) is 5.56 Å². The Kier molecular flexibility index (Phi) is 5.84. The second kappa shape index (κ2) is 8.47. The molecule has 3 aromatic rings. The highest BCUT2D eigenvalue weighted by Crippen LogP contribution is 2.18. The standard InChI is InChI=1S/C21H22N4O3/c1-13-7-8-15(10-18(13)28-3)12-23-19(26)11-16-14(2)24-20(25-21(16)27)17-6-4-5-9-22-17/h4-10H,11-12H2,1-3H3,(H,23,26)(H,24,25,27). The lowest BCUT2D eigenvalue weighted by atomic mass is 10.1. The molecule has 2 aromatic heterocycles. The van der Waals surface area contributed by atoms with Crippen LogP contribution in [0.25, 0.3) is 11.5 Å². The average molecular weight is 378 g/mol. The Balaban J connectivity index is 1.70. The molecule has 7 heteroatoms. The number of H-pyrrole nitrogens is 1. The number of ether oxygens (including phenoxy) is 1. The van der Waals surface area contributed by atoms with Gasteiger partial charge in [-0.3, -0.25) is 14.6 Å². The van der Waals surface area contributed by atoms with E-state index in [9.17, 15) is 9.59 Å². The van der Waals surface area contributed by atoms with Crippen LogP contribution in [0.3, 0.4) is 0 Å². The van der Waals surface area contributed by atoms with Crippen molar-refractivity contribution in [3.8, 4) is 17.3 Å². The van der Waals surface area contributed by atoms with Crippen molar-refractivity contribution in [2.24, 2.45) is 0 Å². The third-order valence-corrected chi connectivity index (χ3v) is 4.43. The third-order valence-electron chi connectivity index (χ3n) is 4.43. The largest absolute Gasteiger partial charge is 0.496 e. The molecule has 1 amide bonds. The molecule has 2 heterocycles. The second-order valence-electron chi connectivity index (χ2n) is 6.45. The molecular formula is C21H22N4O3. The Morgan fingerprint density at radius 1 is 1.21 bits per heavy atom. The molecule has 0 bridgehead atoms. The van der Waals surface area contributed by atoms with Crippen molar-refractivity contribution in [1.82, 2.24) is 20.3 Å². The Morgan fingerprint density at radius 3 is 2.71 bits per heavy atom. The number of hydrogen-bond acceptors (Lipinski definition) is 5. The zero-order chi connectivity index (χ0) is 20.1. The van der Waals surface area contributed by atoms with Crippen molar-refractivity contribution in [3.05, 3.63) is 75.3 Å². The van der Waals surface area contributed by atoms with Crippen molar-refractivity contribution in [2.75, 3.05) is 7.11 Å². The molecule has 144 valence electrons. The molecule has 0 aliphatic rings. The van der Waals surface area contributed by atoms with Gasteiger partial charge >= 0.3 is 0 Å². The maximum Gasteiger partial charge on any atom is 0.255 e. The number of hydrogen-bond donors (Lipinski definition) is 2. The quantitative estimate of drug-likeness (QED) is 0.686. The van der Waals surface area contributed by atoms with Gasteiger partial charge in [-0.15, -0.1) is 0 Å². The summed E-state index contributed by atoms with van der Waals surface area (Å²) in [6.07, 6.45) is 1.59. The van der Waals surface area contributed by atoms with Crippen molar-refractivity contribution >= 4 is 5.91 Å². The smallest absolute Gasteiger partial charge is 0.255 e. The number of pyridine rings is 1. The van der Waals surface area contributed by atoms with Crippen LogP contribution in [0.15, 0.2) is 47.4 Å². The molecule has 0 radical (unpaired) electrons. The fraction of sp³-hybridized carbons (Fsp3) is 0.238. The average Bonchev–Trinajstić information content (AvgIpc) is 2.70.